The molecule has 0 spiro atoms. The molecule has 3 aromatic rings. The van der Waals surface area contributed by atoms with Gasteiger partial charge in [-0.15, -0.1) is 0 Å². The van der Waals surface area contributed by atoms with Crippen LogP contribution in [0.3, 0.4) is 0 Å². The molecule has 11 nitrogen and oxygen atoms in total. The van der Waals surface area contributed by atoms with Gasteiger partial charge in [-0.25, -0.2) is 18.2 Å². The van der Waals surface area contributed by atoms with Gasteiger partial charge in [0.25, 0.3) is 0 Å². The van der Waals surface area contributed by atoms with Crippen LogP contribution in [-0.2, 0) is 37.7 Å². The number of sulfonamides is 1. The number of nitrogens with zero attached hydrogens (tertiary/aromatic N) is 3. The van der Waals surface area contributed by atoms with Gasteiger partial charge >= 0.3 is 6.09 Å². The molecule has 0 aliphatic carbocycles. The Hall–Kier alpha value is -3.03. The van der Waals surface area contributed by atoms with E-state index in [1.165, 1.54) is 4.31 Å². The number of alkyl carbamates (subject to hydrolysis) is 1. The maximum Gasteiger partial charge on any atom is 0.407 e. The van der Waals surface area contributed by atoms with Crippen molar-refractivity contribution < 1.29 is 32.5 Å². The van der Waals surface area contributed by atoms with Crippen LogP contribution in [0.4, 0.5) is 4.79 Å². The molecule has 5 atom stereocenters. The van der Waals surface area contributed by atoms with Crippen molar-refractivity contribution in [2.75, 3.05) is 26.3 Å². The molecule has 2 N–H and O–H groups in total. The number of rotatable bonds is 11. The second-order valence-corrected chi connectivity index (χ2v) is 13.1. The van der Waals surface area contributed by atoms with Gasteiger partial charge in [0, 0.05) is 20.1 Å². The zero-order valence-electron chi connectivity index (χ0n) is 23.5. The Kier molecular flexibility index (Phi) is 8.95. The second-order valence-electron chi connectivity index (χ2n) is 11.2. The van der Waals surface area contributed by atoms with E-state index in [0.29, 0.717) is 12.1 Å². The molecule has 3 heterocycles. The molecule has 0 bridgehead atoms. The fourth-order valence-corrected chi connectivity index (χ4v) is 7.10. The van der Waals surface area contributed by atoms with Gasteiger partial charge in [-0.05, 0) is 42.5 Å². The van der Waals surface area contributed by atoms with Crippen LogP contribution in [-0.4, -0.2) is 84.3 Å². The number of hydrogen-bond acceptors (Lipinski definition) is 8. The van der Waals surface area contributed by atoms with E-state index in [-0.39, 0.29) is 49.1 Å². The van der Waals surface area contributed by atoms with Gasteiger partial charge in [0.1, 0.15) is 6.10 Å². The van der Waals surface area contributed by atoms with Crippen LogP contribution in [0.25, 0.3) is 11.0 Å². The minimum absolute atomic E-state index is 0.00926. The number of hydrogen-bond donors (Lipinski definition) is 2. The Balaban J connectivity index is 1.35. The Labute approximate surface area is 240 Å². The summed E-state index contributed by atoms with van der Waals surface area (Å²) in [5.74, 6) is -0.0358. The molecule has 41 heavy (non-hydrogen) atoms. The number of carbonyl (C=O) groups is 1. The van der Waals surface area contributed by atoms with E-state index in [0.717, 1.165) is 17.5 Å². The van der Waals surface area contributed by atoms with E-state index in [4.69, 9.17) is 14.2 Å². The third-order valence-electron chi connectivity index (χ3n) is 7.60. The number of aryl methyl sites for hydroxylation is 1. The third-order valence-corrected chi connectivity index (χ3v) is 9.43. The normalized spacial score (nSPS) is 22.2. The number of carbonyl (C=O) groups excluding carboxylic acids is 1. The Morgan fingerprint density at radius 2 is 1.98 bits per heavy atom. The zero-order chi connectivity index (χ0) is 29.1. The first-order valence-corrected chi connectivity index (χ1v) is 15.4. The first-order chi connectivity index (χ1) is 19.6. The molecule has 222 valence electrons. The summed E-state index contributed by atoms with van der Waals surface area (Å²) < 4.78 is 47.5. The minimum Gasteiger partial charge on any atom is -0.443 e. The number of imidazole rings is 1. The number of aliphatic hydroxyl groups excluding tert-OH is 1. The van der Waals surface area contributed by atoms with Crippen LogP contribution in [0.2, 0.25) is 0 Å². The van der Waals surface area contributed by atoms with Crippen molar-refractivity contribution in [2.45, 2.75) is 56.1 Å². The van der Waals surface area contributed by atoms with Crippen LogP contribution >= 0.6 is 0 Å². The van der Waals surface area contributed by atoms with Gasteiger partial charge in [-0.2, -0.15) is 4.31 Å². The highest BCUT2D eigenvalue weighted by molar-refractivity contribution is 7.89. The first kappa shape index (κ1) is 29.5. The van der Waals surface area contributed by atoms with Crippen LogP contribution in [0.1, 0.15) is 25.8 Å². The number of nitrogens with one attached hydrogen (secondary N) is 1. The molecule has 1 aromatic heterocycles. The number of aromatic nitrogens is 2. The van der Waals surface area contributed by atoms with Crippen LogP contribution in [0.5, 0.6) is 0 Å². The lowest BCUT2D eigenvalue weighted by molar-refractivity contribution is -0.0907. The molecular formula is C29H38N4O7S. The Bertz CT molecular complexity index is 1450. The summed E-state index contributed by atoms with van der Waals surface area (Å²) in [6.45, 7) is 4.60. The van der Waals surface area contributed by atoms with E-state index >= 15 is 0 Å². The highest BCUT2D eigenvalue weighted by Gasteiger charge is 2.44. The number of fused-ring (bicyclic) bond motifs is 2. The molecule has 0 saturated carbocycles. The average molecular weight is 587 g/mol. The predicted octanol–water partition coefficient (Wildman–Crippen LogP) is 2.68. The standard InChI is InChI=1S/C29H38N4O7S/c1-19(2)15-33(41(36,37)21-9-10-25-23(14-21)30-18-32(25)3)16-26(34)24(13-20-7-5-4-6-8-20)31-29(35)40-27-17-39-28-22(27)11-12-38-28/h4-10,14,18-19,22,24,26-28,34H,11-13,15-17H2,1-3H3,(H,31,35)/t22-,24-,26+,27?,28+/m0/s1. The van der Waals surface area contributed by atoms with E-state index < -0.39 is 34.4 Å². The maximum absolute atomic E-state index is 13.8. The van der Waals surface area contributed by atoms with Gasteiger partial charge in [0.2, 0.25) is 10.0 Å². The molecular weight excluding hydrogens is 548 g/mol. The summed E-state index contributed by atoms with van der Waals surface area (Å²) >= 11 is 0. The molecule has 2 aromatic carbocycles. The van der Waals surface area contributed by atoms with E-state index in [9.17, 15) is 18.3 Å². The Morgan fingerprint density at radius 3 is 2.73 bits per heavy atom. The SMILES string of the molecule is CC(C)CN(C[C@@H](O)[C@H](Cc1ccccc1)NC(=O)OC1CO[C@H]2OCC[C@@H]12)S(=O)(=O)c1ccc2c(c1)ncn2C. The monoisotopic (exact) mass is 586 g/mol. The zero-order valence-corrected chi connectivity index (χ0v) is 24.4. The summed E-state index contributed by atoms with van der Waals surface area (Å²) in [5, 5.41) is 14.3. The topological polar surface area (TPSA) is 132 Å². The molecule has 5 rings (SSSR count). The third kappa shape index (κ3) is 6.73. The predicted molar refractivity (Wildman–Crippen MR) is 151 cm³/mol. The number of aliphatic hydroxyl groups is 1. The number of benzene rings is 2. The summed E-state index contributed by atoms with van der Waals surface area (Å²) in [7, 11) is -2.14. The van der Waals surface area contributed by atoms with Crippen LogP contribution in [0, 0.1) is 11.8 Å². The fourth-order valence-electron chi connectivity index (χ4n) is 5.46. The van der Waals surface area contributed by atoms with E-state index in [1.54, 1.807) is 24.5 Å². The number of ether oxygens (including phenoxy) is 3. The lowest BCUT2D eigenvalue weighted by Crippen LogP contribution is -2.51. The smallest absolute Gasteiger partial charge is 0.407 e. The van der Waals surface area contributed by atoms with E-state index in [2.05, 4.69) is 10.3 Å². The summed E-state index contributed by atoms with van der Waals surface area (Å²) in [6.07, 6.45) is -0.0709. The molecule has 2 fully saturated rings. The molecule has 0 radical (unpaired) electrons. The average Bonchev–Trinajstić information content (AvgIpc) is 3.66. The quantitative estimate of drug-likeness (QED) is 0.351. The minimum atomic E-state index is -3.99. The van der Waals surface area contributed by atoms with Gasteiger partial charge in [0.15, 0.2) is 6.29 Å². The van der Waals surface area contributed by atoms with Gasteiger partial charge in [-0.1, -0.05) is 44.2 Å². The first-order valence-electron chi connectivity index (χ1n) is 14.0. The summed E-state index contributed by atoms with van der Waals surface area (Å²) in [4.78, 5) is 17.4. The lowest BCUT2D eigenvalue weighted by atomic mass is 10.0. The molecule has 2 aliphatic heterocycles. The molecule has 12 heteroatoms. The molecule has 2 aliphatic rings. The van der Waals surface area contributed by atoms with Crippen molar-refractivity contribution in [2.24, 2.45) is 18.9 Å². The van der Waals surface area contributed by atoms with Gasteiger partial charge in [0.05, 0.1) is 53.5 Å². The maximum atomic E-state index is 13.8. The van der Waals surface area contributed by atoms with Crippen molar-refractivity contribution >= 4 is 27.1 Å². The Morgan fingerprint density at radius 1 is 1.20 bits per heavy atom. The fraction of sp³-hybridized carbons (Fsp3) is 0.517. The summed E-state index contributed by atoms with van der Waals surface area (Å²) in [6, 6.07) is 13.4. The van der Waals surface area contributed by atoms with Gasteiger partial charge in [-0.3, -0.25) is 0 Å². The number of amides is 1. The van der Waals surface area contributed by atoms with E-state index in [1.807, 2.05) is 55.8 Å². The van der Waals surface area contributed by atoms with Crippen LogP contribution < -0.4 is 5.32 Å². The molecule has 2 saturated heterocycles. The molecule has 1 unspecified atom stereocenters. The lowest BCUT2D eigenvalue weighted by Gasteiger charge is -2.31. The second kappa shape index (κ2) is 12.5. The van der Waals surface area contributed by atoms with Crippen molar-refractivity contribution in [3.63, 3.8) is 0 Å². The van der Waals surface area contributed by atoms with Gasteiger partial charge < -0.3 is 29.2 Å². The molecule has 1 amide bonds. The highest BCUT2D eigenvalue weighted by atomic mass is 32.2. The summed E-state index contributed by atoms with van der Waals surface area (Å²) in [5.41, 5.74) is 2.26. The van der Waals surface area contributed by atoms with Crippen molar-refractivity contribution in [1.82, 2.24) is 19.2 Å². The van der Waals surface area contributed by atoms with Crippen LogP contribution in [0.15, 0.2) is 59.8 Å². The van der Waals surface area contributed by atoms with Crippen molar-refractivity contribution in [1.29, 1.82) is 0 Å². The van der Waals surface area contributed by atoms with Crippen molar-refractivity contribution in [3.05, 3.63) is 60.4 Å². The van der Waals surface area contributed by atoms with Crippen molar-refractivity contribution in [3.8, 4) is 0 Å². The highest BCUT2D eigenvalue weighted by Crippen LogP contribution is 2.33. The largest absolute Gasteiger partial charge is 0.443 e.